The van der Waals surface area contributed by atoms with Crippen LogP contribution in [0.5, 0.6) is 0 Å². The summed E-state index contributed by atoms with van der Waals surface area (Å²) in [6.07, 6.45) is 0. The van der Waals surface area contributed by atoms with Gasteiger partial charge in [-0.1, -0.05) is 200 Å². The Kier molecular flexibility index (Phi) is 11.9. The number of thiophene rings is 2. The summed E-state index contributed by atoms with van der Waals surface area (Å²) in [6.45, 7) is 0. The fourth-order valence-electron chi connectivity index (χ4n) is 18.5. The number of benzene rings is 17. The Labute approximate surface area is 623 Å². The Morgan fingerprint density at radius 1 is 0.204 bits per heavy atom. The summed E-state index contributed by atoms with van der Waals surface area (Å²) in [5.41, 5.74) is 24.4. The maximum absolute atomic E-state index is 7.35. The zero-order chi connectivity index (χ0) is 70.1. The lowest BCUT2D eigenvalue weighted by Crippen LogP contribution is -1.94. The second-order valence-electron chi connectivity index (χ2n) is 28.9. The highest BCUT2D eigenvalue weighted by Crippen LogP contribution is 2.52. The molecule has 0 spiro atoms. The molecular weight excluding hydrogens is 1350 g/mol. The maximum Gasteiger partial charge on any atom is 0.144 e. The summed E-state index contributed by atoms with van der Waals surface area (Å²) >= 11 is 3.69. The van der Waals surface area contributed by atoms with Crippen molar-refractivity contribution in [3.05, 3.63) is 340 Å². The zero-order valence-electron chi connectivity index (χ0n) is 57.8. The van der Waals surface area contributed by atoms with Crippen LogP contribution < -0.4 is 0 Å². The molecule has 6 nitrogen and oxygen atoms in total. The smallest absolute Gasteiger partial charge is 0.144 e. The van der Waals surface area contributed by atoms with Crippen molar-refractivity contribution in [2.45, 2.75) is 0 Å². The lowest BCUT2D eigenvalue weighted by Gasteiger charge is -2.11. The number of rotatable bonds is 7. The van der Waals surface area contributed by atoms with Gasteiger partial charge in [0.15, 0.2) is 0 Å². The van der Waals surface area contributed by atoms with Gasteiger partial charge in [0, 0.05) is 107 Å². The molecule has 8 heterocycles. The first-order valence-corrected chi connectivity index (χ1v) is 38.5. The van der Waals surface area contributed by atoms with Crippen LogP contribution in [0.15, 0.2) is 349 Å². The highest BCUT2D eigenvalue weighted by atomic mass is 32.1. The molecule has 17 aromatic carbocycles. The highest BCUT2D eigenvalue weighted by molar-refractivity contribution is 7.27. The quantitative estimate of drug-likeness (QED) is 0.160. The number of hydrogen-bond donors (Lipinski definition) is 0. The van der Waals surface area contributed by atoms with E-state index in [4.69, 9.17) is 8.83 Å². The third-order valence-corrected chi connectivity index (χ3v) is 25.7. The van der Waals surface area contributed by atoms with E-state index in [1.165, 1.54) is 128 Å². The summed E-state index contributed by atoms with van der Waals surface area (Å²) in [4.78, 5) is 0. The van der Waals surface area contributed by atoms with Crippen molar-refractivity contribution in [3.8, 4) is 56.1 Å². The molecule has 0 amide bonds. The van der Waals surface area contributed by atoms with Gasteiger partial charge in [-0.15, -0.1) is 22.7 Å². The molecule has 0 atom stereocenters. The summed E-state index contributed by atoms with van der Waals surface area (Å²) in [5.74, 6) is 0. The number of fused-ring (bicyclic) bond motifs is 28. The van der Waals surface area contributed by atoms with E-state index in [1.54, 1.807) is 0 Å². The minimum atomic E-state index is 0.854. The second kappa shape index (κ2) is 21.9. The summed E-state index contributed by atoms with van der Waals surface area (Å²) in [7, 11) is 0. The van der Waals surface area contributed by atoms with Crippen molar-refractivity contribution in [1.29, 1.82) is 0 Å². The first-order valence-electron chi connectivity index (χ1n) is 36.8. The minimum absolute atomic E-state index is 0.854. The zero-order valence-corrected chi connectivity index (χ0v) is 59.4. The van der Waals surface area contributed by atoms with Crippen LogP contribution in [0.2, 0.25) is 0 Å². The Morgan fingerprint density at radius 3 is 1.18 bits per heavy atom. The average Bonchev–Trinajstić information content (AvgIpc) is 1.55. The first kappa shape index (κ1) is 58.6. The standard InChI is InChI=1S/C100H56N4O2S2/c1-3-20-64(21-4-1)101-80-30-14-9-25-67(80)74-49-60(38-44-82(74)101)61-41-47-85-79(52-61)94-66-24-8-7-19-57(66)37-48-86(94)104(85)89-56-78-71-43-36-63(54-91(71)106-98(78)96-73-29-13-18-34-93(73)108-100(89)96)62-35-42-69-76-51-58(39-45-83(76)102(87(69)53-62)65-22-5-2-6-23-65)59-40-46-84-75(50-59)68-26-10-15-31-81(68)103(84)88-55-77-70-27-11-16-32-90(70)105-97(77)95-72-28-12-17-33-92(72)107-99(88)95/h1-56H. The van der Waals surface area contributed by atoms with Crippen LogP contribution in [-0.4, -0.2) is 18.3 Å². The van der Waals surface area contributed by atoms with Crippen molar-refractivity contribution in [2.75, 3.05) is 0 Å². The SMILES string of the molecule is c1ccc(-n2c3ccccc3c3cc(-c4ccc5c(c4)c4c6ccccc6ccc4n5-c4cc5c6ccc(-c7ccc8c9cc(-c%10ccc%11c(c%10)c%10ccccc%10n%11-c%10cc%11c%12ccccc%12oc%11c%11c%10sc%10ccccc%10%11)ccc9n(-c9ccccc9)c8c7)cc6oc5c5c4sc4ccccc45)ccc32)cc1. The van der Waals surface area contributed by atoms with Gasteiger partial charge < -0.3 is 27.1 Å². The monoisotopic (exact) mass is 1410 g/mol. The van der Waals surface area contributed by atoms with Crippen LogP contribution in [0.4, 0.5) is 0 Å². The average molecular weight is 1410 g/mol. The second-order valence-corrected chi connectivity index (χ2v) is 31.1. The molecular formula is C100H56N4O2S2. The Balaban J connectivity index is 0.631. The minimum Gasteiger partial charge on any atom is -0.455 e. The summed E-state index contributed by atoms with van der Waals surface area (Å²) < 4.78 is 28.8. The first-order chi connectivity index (χ1) is 53.5. The molecule has 0 fully saturated rings. The summed E-state index contributed by atoms with van der Waals surface area (Å²) in [6, 6.07) is 126. The van der Waals surface area contributed by atoms with Gasteiger partial charge in [-0.25, -0.2) is 0 Å². The molecule has 0 aliphatic heterocycles. The van der Waals surface area contributed by atoms with Gasteiger partial charge in [-0.2, -0.15) is 0 Å². The molecule has 0 aliphatic rings. The van der Waals surface area contributed by atoms with Gasteiger partial charge in [0.05, 0.1) is 64.9 Å². The predicted octanol–water partition coefficient (Wildman–Crippen LogP) is 28.8. The van der Waals surface area contributed by atoms with Crippen LogP contribution in [0, 0.1) is 0 Å². The van der Waals surface area contributed by atoms with E-state index in [9.17, 15) is 0 Å². The molecule has 0 saturated carbocycles. The Hall–Kier alpha value is -13.8. The van der Waals surface area contributed by atoms with E-state index < -0.39 is 0 Å². The van der Waals surface area contributed by atoms with Gasteiger partial charge >= 0.3 is 0 Å². The molecule has 108 heavy (non-hydrogen) atoms. The van der Waals surface area contributed by atoms with Gasteiger partial charge in [0.1, 0.15) is 22.3 Å². The van der Waals surface area contributed by atoms with E-state index in [0.29, 0.717) is 0 Å². The van der Waals surface area contributed by atoms with Crippen LogP contribution in [0.3, 0.4) is 0 Å². The molecule has 0 saturated heterocycles. The van der Waals surface area contributed by atoms with Crippen molar-refractivity contribution >= 4 is 205 Å². The fraction of sp³-hybridized carbons (Fsp3) is 0. The van der Waals surface area contributed by atoms with Crippen molar-refractivity contribution in [3.63, 3.8) is 0 Å². The van der Waals surface area contributed by atoms with Crippen LogP contribution in [0.25, 0.3) is 238 Å². The van der Waals surface area contributed by atoms with Crippen molar-refractivity contribution in [1.82, 2.24) is 18.3 Å². The largest absolute Gasteiger partial charge is 0.455 e. The van der Waals surface area contributed by atoms with Gasteiger partial charge in [-0.3, -0.25) is 0 Å². The van der Waals surface area contributed by atoms with E-state index in [2.05, 4.69) is 358 Å². The van der Waals surface area contributed by atoms with Gasteiger partial charge in [0.25, 0.3) is 0 Å². The highest BCUT2D eigenvalue weighted by Gasteiger charge is 2.27. The third kappa shape index (κ3) is 8.13. The van der Waals surface area contributed by atoms with Crippen LogP contribution in [-0.2, 0) is 0 Å². The topological polar surface area (TPSA) is 46.0 Å². The fourth-order valence-corrected chi connectivity index (χ4v) is 21.0. The predicted molar refractivity (Wildman–Crippen MR) is 458 cm³/mol. The molecule has 500 valence electrons. The van der Waals surface area contributed by atoms with Gasteiger partial charge in [0.2, 0.25) is 0 Å². The van der Waals surface area contributed by atoms with E-state index >= 15 is 0 Å². The molecule has 0 bridgehead atoms. The molecule has 8 aromatic heterocycles. The van der Waals surface area contributed by atoms with E-state index in [-0.39, 0.29) is 0 Å². The third-order valence-electron chi connectivity index (χ3n) is 23.3. The Bertz CT molecular complexity index is 8250. The lowest BCUT2D eigenvalue weighted by molar-refractivity contribution is 0.672. The lowest BCUT2D eigenvalue weighted by atomic mass is 9.99. The molecule has 0 radical (unpaired) electrons. The number of furan rings is 2. The molecule has 25 rings (SSSR count). The van der Waals surface area contributed by atoms with E-state index in [0.717, 1.165) is 111 Å². The molecule has 0 aliphatic carbocycles. The molecule has 0 unspecified atom stereocenters. The normalized spacial score (nSPS) is 12.4. The molecule has 8 heteroatoms. The molecule has 25 aromatic rings. The number of para-hydroxylation sites is 5. The number of aromatic nitrogens is 4. The van der Waals surface area contributed by atoms with Crippen molar-refractivity contribution < 1.29 is 8.83 Å². The van der Waals surface area contributed by atoms with Gasteiger partial charge in [-0.05, 0) is 184 Å². The Morgan fingerprint density at radius 2 is 0.583 bits per heavy atom. The maximum atomic E-state index is 7.35. The van der Waals surface area contributed by atoms with Crippen molar-refractivity contribution in [2.24, 2.45) is 0 Å². The molecule has 0 N–H and O–H groups in total. The van der Waals surface area contributed by atoms with Crippen LogP contribution in [0.1, 0.15) is 0 Å². The number of nitrogens with zero attached hydrogens (tertiary/aromatic N) is 4. The summed E-state index contributed by atoms with van der Waals surface area (Å²) in [5, 5.41) is 21.3. The van der Waals surface area contributed by atoms with E-state index in [1.807, 2.05) is 22.7 Å². The van der Waals surface area contributed by atoms with Crippen LogP contribution >= 0.6 is 22.7 Å². The number of hydrogen-bond acceptors (Lipinski definition) is 4.